The Labute approximate surface area is 335 Å². The van der Waals surface area contributed by atoms with E-state index in [0.717, 1.165) is 22.4 Å². The summed E-state index contributed by atoms with van der Waals surface area (Å²) in [6.45, 7) is 0. The molecule has 0 aliphatic carbocycles. The van der Waals surface area contributed by atoms with Crippen molar-refractivity contribution >= 4 is 84.8 Å². The number of nitrogens with zero attached hydrogens (tertiary/aromatic N) is 4. The molecule has 4 aromatic heterocycles. The molecule has 8 aromatic carbocycles. The Morgan fingerprint density at radius 1 is 0.333 bits per heavy atom. The predicted octanol–water partition coefficient (Wildman–Crippen LogP) is 14.4. The van der Waals surface area contributed by atoms with E-state index in [-0.39, 0.29) is 0 Å². The summed E-state index contributed by atoms with van der Waals surface area (Å²) in [7, 11) is 0. The Bertz CT molecular complexity index is 3530. The van der Waals surface area contributed by atoms with Gasteiger partial charge >= 0.3 is 0 Å². The summed E-state index contributed by atoms with van der Waals surface area (Å²) >= 11 is 3.63. The Kier molecular flexibility index (Phi) is 7.24. The van der Waals surface area contributed by atoms with Gasteiger partial charge in [0.25, 0.3) is 0 Å². The van der Waals surface area contributed by atoms with Crippen molar-refractivity contribution in [1.82, 2.24) is 19.5 Å². The maximum absolute atomic E-state index is 5.21. The highest BCUT2D eigenvalue weighted by Gasteiger charge is 2.19. The summed E-state index contributed by atoms with van der Waals surface area (Å²) in [5, 5.41) is 7.41. The molecule has 0 bridgehead atoms. The fraction of sp³-hybridized carbons (Fsp3) is 0. The molecule has 0 fully saturated rings. The maximum Gasteiger partial charge on any atom is 0.164 e. The smallest absolute Gasteiger partial charge is 0.164 e. The van der Waals surface area contributed by atoms with E-state index in [0.29, 0.717) is 17.5 Å². The molecule has 0 radical (unpaired) electrons. The number of aromatic nitrogens is 4. The second-order valence-electron chi connectivity index (χ2n) is 14.4. The summed E-state index contributed by atoms with van der Waals surface area (Å²) in [6.07, 6.45) is 0. The van der Waals surface area contributed by atoms with E-state index in [9.17, 15) is 0 Å². The minimum Gasteiger partial charge on any atom is -0.309 e. The van der Waals surface area contributed by atoms with Crippen molar-refractivity contribution in [2.24, 2.45) is 0 Å². The second-order valence-corrected chi connectivity index (χ2v) is 16.5. The molecular weight excluding hydrogens is 733 g/mol. The van der Waals surface area contributed by atoms with Crippen LogP contribution in [0.25, 0.3) is 113 Å². The molecule has 0 aliphatic rings. The van der Waals surface area contributed by atoms with Gasteiger partial charge in [-0.25, -0.2) is 15.0 Å². The zero-order valence-corrected chi connectivity index (χ0v) is 32.1. The normalized spacial score (nSPS) is 11.9. The SMILES string of the molecule is c1ccc(-c2nc(-c3ccc4c(c3)sc3cc(-c5cccc6c5c5ccccc5n6-c5ccccc5)ccc34)nc(-c3cccc4sc5ccccc5c34)n2)cc1. The fourth-order valence-electron chi connectivity index (χ4n) is 8.50. The van der Waals surface area contributed by atoms with Crippen molar-refractivity contribution in [3.05, 3.63) is 182 Å². The molecule has 57 heavy (non-hydrogen) atoms. The van der Waals surface area contributed by atoms with Crippen LogP contribution in [-0.2, 0) is 0 Å². The van der Waals surface area contributed by atoms with Crippen molar-refractivity contribution in [3.63, 3.8) is 0 Å². The van der Waals surface area contributed by atoms with Crippen molar-refractivity contribution in [1.29, 1.82) is 0 Å². The molecule has 6 heteroatoms. The lowest BCUT2D eigenvalue weighted by Crippen LogP contribution is -2.00. The van der Waals surface area contributed by atoms with Crippen LogP contribution in [0.3, 0.4) is 0 Å². The highest BCUT2D eigenvalue weighted by atomic mass is 32.1. The van der Waals surface area contributed by atoms with Crippen LogP contribution in [-0.4, -0.2) is 19.5 Å². The first-order valence-electron chi connectivity index (χ1n) is 19.0. The Morgan fingerprint density at radius 3 is 1.74 bits per heavy atom. The van der Waals surface area contributed by atoms with E-state index in [1.807, 2.05) is 29.5 Å². The van der Waals surface area contributed by atoms with Crippen molar-refractivity contribution < 1.29 is 0 Å². The molecule has 0 atom stereocenters. The van der Waals surface area contributed by atoms with E-state index >= 15 is 0 Å². The Hall–Kier alpha value is -6.99. The average molecular weight is 763 g/mol. The number of fused-ring (bicyclic) bond motifs is 9. The molecule has 4 heterocycles. The van der Waals surface area contributed by atoms with Crippen LogP contribution in [0.2, 0.25) is 0 Å². The molecule has 12 aromatic rings. The van der Waals surface area contributed by atoms with Gasteiger partial charge in [-0.15, -0.1) is 22.7 Å². The van der Waals surface area contributed by atoms with E-state index < -0.39 is 0 Å². The minimum atomic E-state index is 0.663. The molecule has 0 amide bonds. The molecule has 12 rings (SSSR count). The zero-order valence-electron chi connectivity index (χ0n) is 30.4. The third kappa shape index (κ3) is 5.15. The molecule has 0 saturated carbocycles. The van der Waals surface area contributed by atoms with Gasteiger partial charge in [0, 0.05) is 73.5 Å². The number of hydrogen-bond acceptors (Lipinski definition) is 5. The average Bonchev–Trinajstić information content (AvgIpc) is 3.96. The van der Waals surface area contributed by atoms with Crippen LogP contribution in [0.4, 0.5) is 0 Å². The molecule has 0 saturated heterocycles. The first-order chi connectivity index (χ1) is 28.2. The highest BCUT2D eigenvalue weighted by molar-refractivity contribution is 7.26. The number of hydrogen-bond donors (Lipinski definition) is 0. The summed E-state index contributed by atoms with van der Waals surface area (Å²) in [5.74, 6) is 2.00. The van der Waals surface area contributed by atoms with Gasteiger partial charge < -0.3 is 4.57 Å². The number of rotatable bonds is 5. The molecule has 266 valence electrons. The summed E-state index contributed by atoms with van der Waals surface area (Å²) < 4.78 is 7.31. The quantitative estimate of drug-likeness (QED) is 0.175. The monoisotopic (exact) mass is 762 g/mol. The van der Waals surface area contributed by atoms with Crippen LogP contribution < -0.4 is 0 Å². The molecule has 0 unspecified atom stereocenters. The van der Waals surface area contributed by atoms with Crippen LogP contribution in [0.15, 0.2) is 182 Å². The second kappa shape index (κ2) is 12.8. The molecule has 0 spiro atoms. The molecule has 0 aliphatic heterocycles. The van der Waals surface area contributed by atoms with E-state index in [4.69, 9.17) is 15.0 Å². The molecule has 4 nitrogen and oxygen atoms in total. The van der Waals surface area contributed by atoms with Gasteiger partial charge in [-0.2, -0.15) is 0 Å². The number of thiophene rings is 2. The van der Waals surface area contributed by atoms with Gasteiger partial charge in [0.05, 0.1) is 11.0 Å². The minimum absolute atomic E-state index is 0.663. The molecule has 0 N–H and O–H groups in total. The standard InChI is InChI=1S/C51H30N4S2/c1-3-13-31(14-4-1)49-52-50(54-51(53-49)40-20-12-24-44-48(40)39-18-8-10-23-43(39)56-44)33-26-28-37-36-27-25-32(29-45(36)57-46(37)30-33)35-19-11-22-42-47(35)38-17-7-9-21-41(38)55(42)34-15-5-2-6-16-34/h1-30H. The summed E-state index contributed by atoms with van der Waals surface area (Å²) in [6, 6.07) is 64.9. The lowest BCUT2D eigenvalue weighted by atomic mass is 9.98. The van der Waals surface area contributed by atoms with Crippen molar-refractivity contribution in [2.75, 3.05) is 0 Å². The van der Waals surface area contributed by atoms with Gasteiger partial charge in [0.2, 0.25) is 0 Å². The maximum atomic E-state index is 5.21. The predicted molar refractivity (Wildman–Crippen MR) is 242 cm³/mol. The lowest BCUT2D eigenvalue weighted by molar-refractivity contribution is 1.08. The van der Waals surface area contributed by atoms with E-state index in [1.54, 1.807) is 11.3 Å². The van der Waals surface area contributed by atoms with Gasteiger partial charge in [0.15, 0.2) is 17.5 Å². The van der Waals surface area contributed by atoms with Crippen molar-refractivity contribution in [3.8, 4) is 51.0 Å². The summed E-state index contributed by atoms with van der Waals surface area (Å²) in [5.41, 5.74) is 8.96. The lowest BCUT2D eigenvalue weighted by Gasteiger charge is -2.10. The van der Waals surface area contributed by atoms with Crippen molar-refractivity contribution in [2.45, 2.75) is 0 Å². The zero-order chi connectivity index (χ0) is 37.5. The van der Waals surface area contributed by atoms with Crippen LogP contribution in [0.1, 0.15) is 0 Å². The topological polar surface area (TPSA) is 43.6 Å². The van der Waals surface area contributed by atoms with Crippen LogP contribution in [0.5, 0.6) is 0 Å². The van der Waals surface area contributed by atoms with Crippen LogP contribution >= 0.6 is 22.7 Å². The first kappa shape index (κ1) is 32.3. The van der Waals surface area contributed by atoms with Crippen LogP contribution in [0, 0.1) is 0 Å². The first-order valence-corrected chi connectivity index (χ1v) is 20.7. The fourth-order valence-corrected chi connectivity index (χ4v) is 10.8. The largest absolute Gasteiger partial charge is 0.309 e. The van der Waals surface area contributed by atoms with E-state index in [1.165, 1.54) is 73.3 Å². The van der Waals surface area contributed by atoms with E-state index in [2.05, 4.69) is 168 Å². The Morgan fingerprint density at radius 2 is 0.912 bits per heavy atom. The van der Waals surface area contributed by atoms with Gasteiger partial charge in [-0.3, -0.25) is 0 Å². The highest BCUT2D eigenvalue weighted by Crippen LogP contribution is 2.43. The third-order valence-electron chi connectivity index (χ3n) is 11.1. The Balaban J connectivity index is 1.01. The summed E-state index contributed by atoms with van der Waals surface area (Å²) in [4.78, 5) is 15.4. The van der Waals surface area contributed by atoms with Gasteiger partial charge in [-0.05, 0) is 59.7 Å². The number of benzene rings is 8. The van der Waals surface area contributed by atoms with Gasteiger partial charge in [-0.1, -0.05) is 133 Å². The molecular formula is C51H30N4S2. The number of para-hydroxylation sites is 2. The third-order valence-corrected chi connectivity index (χ3v) is 13.3. The van der Waals surface area contributed by atoms with Gasteiger partial charge in [0.1, 0.15) is 0 Å².